The fraction of sp³-hybridized carbons (Fsp3) is 0.138. The number of thioether (sulfide) groups is 2. The molecule has 39 heavy (non-hydrogen) atoms. The number of hydrogen-bond acceptors (Lipinski definition) is 9. The number of amides is 1. The van der Waals surface area contributed by atoms with Crippen molar-refractivity contribution in [3.63, 3.8) is 0 Å². The van der Waals surface area contributed by atoms with Gasteiger partial charge in [-0.1, -0.05) is 72.4 Å². The molecule has 2 aromatic heterocycles. The Morgan fingerprint density at radius 2 is 1.77 bits per heavy atom. The van der Waals surface area contributed by atoms with E-state index in [0.717, 1.165) is 20.0 Å². The summed E-state index contributed by atoms with van der Waals surface area (Å²) in [5.41, 5.74) is 8.72. The van der Waals surface area contributed by atoms with Crippen molar-refractivity contribution in [3.05, 3.63) is 123 Å². The Labute approximate surface area is 236 Å². The minimum absolute atomic E-state index is 0.183. The lowest BCUT2D eigenvalue weighted by Gasteiger charge is -2.48. The summed E-state index contributed by atoms with van der Waals surface area (Å²) in [7, 11) is 0. The van der Waals surface area contributed by atoms with Gasteiger partial charge in [0.1, 0.15) is 17.1 Å². The van der Waals surface area contributed by atoms with E-state index in [1.807, 2.05) is 66.1 Å². The van der Waals surface area contributed by atoms with Gasteiger partial charge in [0.15, 0.2) is 11.7 Å². The van der Waals surface area contributed by atoms with E-state index >= 15 is 0 Å². The van der Waals surface area contributed by atoms with Crippen molar-refractivity contribution in [2.75, 3.05) is 5.75 Å². The Balaban J connectivity index is 1.32. The second-order valence-electron chi connectivity index (χ2n) is 8.88. The molecule has 10 heteroatoms. The zero-order chi connectivity index (χ0) is 26.9. The average molecular weight is 575 g/mol. The predicted molar refractivity (Wildman–Crippen MR) is 154 cm³/mol. The first-order valence-electron chi connectivity index (χ1n) is 12.1. The summed E-state index contributed by atoms with van der Waals surface area (Å²) in [6.07, 6.45) is 2.65. The van der Waals surface area contributed by atoms with Crippen LogP contribution in [0.3, 0.4) is 0 Å². The van der Waals surface area contributed by atoms with Crippen molar-refractivity contribution in [2.24, 2.45) is 5.73 Å². The number of β-lactam (4-membered cyclic amide) rings is 1. The first-order chi connectivity index (χ1) is 19.0. The molecule has 7 nitrogen and oxygen atoms in total. The molecule has 0 saturated carbocycles. The number of rotatable bonds is 7. The number of esters is 1. The molecule has 1 saturated heterocycles. The van der Waals surface area contributed by atoms with E-state index in [1.165, 1.54) is 52.1 Å². The lowest BCUT2D eigenvalue weighted by atomic mass is 10.0. The standard InChI is InChI=1S/C29H22N2O5S3/c30-23-27(33)31-24(29(34)36-25(17-7-3-1-4-8-17)18-9-5-2-6-10-18)19(16-38-28(23)31)12-14-37-22-15-20(32)26-21(39-22)11-13-35-26/h1-15,23,25,28H,16,30H2/t23-,28+/m1/s1. The molecule has 2 aliphatic rings. The number of nitrogens with zero attached hydrogens (tertiary/aromatic N) is 1. The summed E-state index contributed by atoms with van der Waals surface area (Å²) in [6, 6.07) is 21.6. The van der Waals surface area contributed by atoms with E-state index in [4.69, 9.17) is 14.9 Å². The third-order valence-electron chi connectivity index (χ3n) is 6.43. The number of carbonyl (C=O) groups is 2. The summed E-state index contributed by atoms with van der Waals surface area (Å²) in [5, 5.41) is 1.50. The van der Waals surface area contributed by atoms with Crippen LogP contribution in [0.4, 0.5) is 0 Å². The molecular formula is C29H22N2O5S3. The molecule has 2 aliphatic heterocycles. The molecule has 0 unspecified atom stereocenters. The van der Waals surface area contributed by atoms with Crippen molar-refractivity contribution in [1.29, 1.82) is 0 Å². The van der Waals surface area contributed by atoms with Crippen LogP contribution in [0.25, 0.3) is 10.3 Å². The summed E-state index contributed by atoms with van der Waals surface area (Å²) in [5.74, 6) is -0.410. The summed E-state index contributed by atoms with van der Waals surface area (Å²) in [6.45, 7) is 0. The number of nitrogens with two attached hydrogens (primary N) is 1. The topological polar surface area (TPSA) is 103 Å². The lowest BCUT2D eigenvalue weighted by Crippen LogP contribution is -2.68. The summed E-state index contributed by atoms with van der Waals surface area (Å²) in [4.78, 5) is 40.3. The van der Waals surface area contributed by atoms with Gasteiger partial charge in [-0.2, -0.15) is 0 Å². The van der Waals surface area contributed by atoms with Crippen LogP contribution >= 0.6 is 34.9 Å². The van der Waals surface area contributed by atoms with Gasteiger partial charge in [-0.15, -0.1) is 23.1 Å². The van der Waals surface area contributed by atoms with Crippen LogP contribution in [-0.2, 0) is 14.3 Å². The maximum Gasteiger partial charge on any atom is 0.356 e. The summed E-state index contributed by atoms with van der Waals surface area (Å²) >= 11 is 4.32. The number of fused-ring (bicyclic) bond motifs is 2. The van der Waals surface area contributed by atoms with Gasteiger partial charge in [-0.3, -0.25) is 14.5 Å². The van der Waals surface area contributed by atoms with Gasteiger partial charge in [-0.25, -0.2) is 4.79 Å². The molecule has 2 aromatic carbocycles. The number of hydrogen-bond donors (Lipinski definition) is 1. The van der Waals surface area contributed by atoms with Crippen LogP contribution in [0.2, 0.25) is 0 Å². The zero-order valence-corrected chi connectivity index (χ0v) is 22.8. The van der Waals surface area contributed by atoms with E-state index in [1.54, 1.807) is 12.1 Å². The molecule has 2 N–H and O–H groups in total. The molecule has 196 valence electrons. The first kappa shape index (κ1) is 25.7. The fourth-order valence-electron chi connectivity index (χ4n) is 4.51. The van der Waals surface area contributed by atoms with Gasteiger partial charge in [0, 0.05) is 11.8 Å². The van der Waals surface area contributed by atoms with Crippen LogP contribution in [-0.4, -0.2) is 33.9 Å². The Bertz CT molecular complexity index is 1620. The number of carbonyl (C=O) groups excluding carboxylic acids is 2. The van der Waals surface area contributed by atoms with E-state index < -0.39 is 18.1 Å². The van der Waals surface area contributed by atoms with Crippen molar-refractivity contribution < 1.29 is 18.7 Å². The normalized spacial score (nSPS) is 19.0. The third-order valence-corrected chi connectivity index (χ3v) is 9.77. The molecule has 4 heterocycles. The van der Waals surface area contributed by atoms with Crippen LogP contribution in [0.5, 0.6) is 0 Å². The quantitative estimate of drug-likeness (QED) is 0.181. The van der Waals surface area contributed by atoms with Crippen LogP contribution in [0.15, 0.2) is 115 Å². The van der Waals surface area contributed by atoms with Gasteiger partial charge < -0.3 is 14.9 Å². The second kappa shape index (κ2) is 10.9. The summed E-state index contributed by atoms with van der Waals surface area (Å²) < 4.78 is 12.9. The Morgan fingerprint density at radius 1 is 1.08 bits per heavy atom. The minimum atomic E-state index is -0.657. The minimum Gasteiger partial charge on any atom is -0.459 e. The monoisotopic (exact) mass is 574 g/mol. The van der Waals surface area contributed by atoms with Crippen molar-refractivity contribution >= 4 is 57.0 Å². The molecule has 4 aromatic rings. The number of ether oxygens (including phenoxy) is 1. The van der Waals surface area contributed by atoms with Crippen molar-refractivity contribution in [2.45, 2.75) is 21.7 Å². The van der Waals surface area contributed by atoms with E-state index in [-0.39, 0.29) is 22.4 Å². The number of furan rings is 1. The maximum atomic E-state index is 13.8. The van der Waals surface area contributed by atoms with Crippen LogP contribution in [0, 0.1) is 0 Å². The number of allylic oxidation sites excluding steroid dienone is 1. The second-order valence-corrected chi connectivity index (χ2v) is 12.3. The highest BCUT2D eigenvalue weighted by molar-refractivity contribution is 8.04. The molecule has 1 amide bonds. The largest absolute Gasteiger partial charge is 0.459 e. The van der Waals surface area contributed by atoms with E-state index in [2.05, 4.69) is 0 Å². The molecule has 0 radical (unpaired) electrons. The molecular weight excluding hydrogens is 553 g/mol. The van der Waals surface area contributed by atoms with Crippen LogP contribution < -0.4 is 11.2 Å². The van der Waals surface area contributed by atoms with Gasteiger partial charge in [0.25, 0.3) is 0 Å². The Morgan fingerprint density at radius 3 is 2.46 bits per heavy atom. The molecule has 2 atom stereocenters. The smallest absolute Gasteiger partial charge is 0.356 e. The zero-order valence-electron chi connectivity index (χ0n) is 20.4. The highest BCUT2D eigenvalue weighted by atomic mass is 32.2. The van der Waals surface area contributed by atoms with E-state index in [9.17, 15) is 14.4 Å². The van der Waals surface area contributed by atoms with Crippen molar-refractivity contribution in [1.82, 2.24) is 4.90 Å². The molecule has 0 aliphatic carbocycles. The SMILES string of the molecule is N[C@@H]1C(=O)N2C(C(=O)OC(c3ccccc3)c3ccccc3)=C(C=CSc3cc(=O)c4occc4s3)CS[C@@H]12. The molecule has 1 fully saturated rings. The highest BCUT2D eigenvalue weighted by Crippen LogP contribution is 2.41. The average Bonchev–Trinajstić information content (AvgIpc) is 3.45. The maximum absolute atomic E-state index is 13.8. The van der Waals surface area contributed by atoms with Crippen LogP contribution in [0.1, 0.15) is 17.2 Å². The predicted octanol–water partition coefficient (Wildman–Crippen LogP) is 5.29. The van der Waals surface area contributed by atoms with Gasteiger partial charge in [-0.05, 0) is 34.3 Å². The lowest BCUT2D eigenvalue weighted by molar-refractivity contribution is -0.153. The van der Waals surface area contributed by atoms with Gasteiger partial charge in [0.2, 0.25) is 11.3 Å². The Kier molecular flexibility index (Phi) is 7.18. The van der Waals surface area contributed by atoms with Gasteiger partial charge in [0.05, 0.1) is 15.2 Å². The number of benzene rings is 2. The first-order valence-corrected chi connectivity index (χ1v) is 14.8. The van der Waals surface area contributed by atoms with E-state index in [0.29, 0.717) is 16.9 Å². The third kappa shape index (κ3) is 4.96. The van der Waals surface area contributed by atoms with Gasteiger partial charge >= 0.3 is 5.97 Å². The van der Waals surface area contributed by atoms with Crippen molar-refractivity contribution in [3.8, 4) is 0 Å². The molecule has 0 bridgehead atoms. The molecule has 6 rings (SSSR count). The molecule has 0 spiro atoms. The Hall–Kier alpha value is -3.57. The fourth-order valence-corrected chi connectivity index (χ4v) is 7.70. The highest BCUT2D eigenvalue weighted by Gasteiger charge is 2.52.